The zero-order chi connectivity index (χ0) is 16.8. The van der Waals surface area contributed by atoms with Crippen molar-refractivity contribution in [3.05, 3.63) is 27.8 Å². The molecule has 0 heterocycles. The Morgan fingerprint density at radius 2 is 1.77 bits per heavy atom. The molecule has 0 atom stereocenters. The third kappa shape index (κ3) is 6.58. The molecule has 0 aliphatic carbocycles. The first-order valence-corrected chi connectivity index (χ1v) is 7.15. The van der Waals surface area contributed by atoms with Gasteiger partial charge in [-0.1, -0.05) is 0 Å². The molecule has 0 aromatic heterocycles. The molecule has 22 heavy (non-hydrogen) atoms. The smallest absolute Gasteiger partial charge is 0.340 e. The zero-order valence-corrected chi connectivity index (χ0v) is 13.3. The second-order valence-corrected chi connectivity index (χ2v) is 5.52. The number of carbonyl (C=O) groups excluding carboxylic acids is 2. The van der Waals surface area contributed by atoms with E-state index in [-0.39, 0.29) is 6.42 Å². The van der Waals surface area contributed by atoms with Crippen molar-refractivity contribution in [2.45, 2.75) is 25.2 Å². The highest BCUT2D eigenvalue weighted by molar-refractivity contribution is 14.1. The second kappa shape index (κ2) is 8.30. The molecule has 0 aliphatic rings. The number of hydrogen-bond donors (Lipinski definition) is 1. The first kappa shape index (κ1) is 18.7. The van der Waals surface area contributed by atoms with E-state index in [2.05, 4.69) is 32.6 Å². The fraction of sp³-hybridized carbons (Fsp3) is 0.385. The molecular formula is C13H12F4INO3. The van der Waals surface area contributed by atoms with E-state index in [9.17, 15) is 27.2 Å². The molecule has 0 bridgehead atoms. The standard InChI is InChI=1S/C13H12F4INO3/c14-12(15)13(16,17)7-22-11(21)6-5-10(20)19-9-3-1-8(18)2-4-9/h1-4,12H,5-7H2,(H,19,20). The third-order valence-corrected chi connectivity index (χ3v) is 3.15. The van der Waals surface area contributed by atoms with E-state index in [1.165, 1.54) is 0 Å². The van der Waals surface area contributed by atoms with E-state index in [0.717, 1.165) is 3.57 Å². The van der Waals surface area contributed by atoms with Gasteiger partial charge in [-0.05, 0) is 46.9 Å². The number of benzene rings is 1. The van der Waals surface area contributed by atoms with Crippen LogP contribution in [-0.4, -0.2) is 30.8 Å². The van der Waals surface area contributed by atoms with Gasteiger partial charge in [0.15, 0.2) is 6.61 Å². The van der Waals surface area contributed by atoms with E-state index in [4.69, 9.17) is 0 Å². The van der Waals surface area contributed by atoms with Crippen molar-refractivity contribution in [3.8, 4) is 0 Å². The number of hydrogen-bond acceptors (Lipinski definition) is 3. The average Bonchev–Trinajstić information content (AvgIpc) is 2.45. The summed E-state index contributed by atoms with van der Waals surface area (Å²) < 4.78 is 53.7. The summed E-state index contributed by atoms with van der Waals surface area (Å²) in [6.45, 7) is -1.71. The highest BCUT2D eigenvalue weighted by atomic mass is 127. The van der Waals surface area contributed by atoms with Gasteiger partial charge in [-0.2, -0.15) is 8.78 Å². The van der Waals surface area contributed by atoms with Gasteiger partial charge < -0.3 is 10.1 Å². The topological polar surface area (TPSA) is 55.4 Å². The summed E-state index contributed by atoms with van der Waals surface area (Å²) in [6, 6.07) is 6.83. The maximum Gasteiger partial charge on any atom is 0.340 e. The van der Waals surface area contributed by atoms with Gasteiger partial charge in [0.2, 0.25) is 5.91 Å². The summed E-state index contributed by atoms with van der Waals surface area (Å²) in [4.78, 5) is 22.7. The van der Waals surface area contributed by atoms with Gasteiger partial charge in [0.05, 0.1) is 6.42 Å². The number of nitrogens with one attached hydrogen (secondary N) is 1. The molecular weight excluding hydrogens is 421 g/mol. The van der Waals surface area contributed by atoms with Crippen LogP contribution in [0.3, 0.4) is 0 Å². The lowest BCUT2D eigenvalue weighted by Gasteiger charge is -2.14. The number of rotatable bonds is 7. The van der Waals surface area contributed by atoms with E-state index in [1.54, 1.807) is 24.3 Å². The minimum absolute atomic E-state index is 0.301. The van der Waals surface area contributed by atoms with Crippen molar-refractivity contribution in [3.63, 3.8) is 0 Å². The van der Waals surface area contributed by atoms with Crippen LogP contribution in [0.2, 0.25) is 0 Å². The molecule has 0 aliphatic heterocycles. The Balaban J connectivity index is 2.32. The van der Waals surface area contributed by atoms with Crippen molar-refractivity contribution in [1.82, 2.24) is 0 Å². The van der Waals surface area contributed by atoms with Crippen LogP contribution < -0.4 is 5.32 Å². The van der Waals surface area contributed by atoms with Crippen molar-refractivity contribution >= 4 is 40.2 Å². The predicted molar refractivity (Wildman–Crippen MR) is 78.9 cm³/mol. The maximum atomic E-state index is 12.5. The minimum atomic E-state index is -4.39. The van der Waals surface area contributed by atoms with Crippen LogP contribution in [0.1, 0.15) is 12.8 Å². The normalized spacial score (nSPS) is 11.4. The Morgan fingerprint density at radius 3 is 2.32 bits per heavy atom. The largest absolute Gasteiger partial charge is 0.459 e. The van der Waals surface area contributed by atoms with Crippen LogP contribution in [0.5, 0.6) is 0 Å². The number of anilines is 1. The van der Waals surface area contributed by atoms with E-state index in [0.29, 0.717) is 5.69 Å². The zero-order valence-electron chi connectivity index (χ0n) is 11.1. The molecule has 1 aromatic rings. The summed E-state index contributed by atoms with van der Waals surface area (Å²) >= 11 is 2.09. The maximum absolute atomic E-state index is 12.5. The quantitative estimate of drug-likeness (QED) is 0.407. The van der Waals surface area contributed by atoms with Crippen molar-refractivity contribution in [2.75, 3.05) is 11.9 Å². The lowest BCUT2D eigenvalue weighted by atomic mass is 10.2. The monoisotopic (exact) mass is 433 g/mol. The van der Waals surface area contributed by atoms with Gasteiger partial charge >= 0.3 is 18.3 Å². The SMILES string of the molecule is O=C(CCC(=O)OCC(F)(F)C(F)F)Nc1ccc(I)cc1. The Bertz CT molecular complexity index is 523. The Morgan fingerprint density at radius 1 is 1.18 bits per heavy atom. The van der Waals surface area contributed by atoms with Crippen LogP contribution in [0, 0.1) is 3.57 Å². The molecule has 0 radical (unpaired) electrons. The fourth-order valence-electron chi connectivity index (χ4n) is 1.28. The van der Waals surface area contributed by atoms with Crippen LogP contribution in [0.4, 0.5) is 23.2 Å². The number of ether oxygens (including phenoxy) is 1. The van der Waals surface area contributed by atoms with Crippen LogP contribution >= 0.6 is 22.6 Å². The van der Waals surface area contributed by atoms with Gasteiger partial charge in [-0.3, -0.25) is 9.59 Å². The van der Waals surface area contributed by atoms with E-state index in [1.807, 2.05) is 0 Å². The summed E-state index contributed by atoms with van der Waals surface area (Å²) in [5, 5.41) is 2.50. The molecule has 1 aromatic carbocycles. The van der Waals surface area contributed by atoms with Gasteiger partial charge in [0.25, 0.3) is 0 Å². The summed E-state index contributed by atoms with van der Waals surface area (Å²) in [6.07, 6.45) is -4.69. The van der Waals surface area contributed by atoms with Crippen molar-refractivity contribution in [2.24, 2.45) is 0 Å². The number of carbonyl (C=O) groups is 2. The van der Waals surface area contributed by atoms with Gasteiger partial charge in [0, 0.05) is 15.7 Å². The van der Waals surface area contributed by atoms with E-state index < -0.39 is 37.3 Å². The molecule has 1 N–H and O–H groups in total. The first-order chi connectivity index (χ1) is 10.2. The highest BCUT2D eigenvalue weighted by Crippen LogP contribution is 2.23. The van der Waals surface area contributed by atoms with Gasteiger partial charge in [-0.25, -0.2) is 8.78 Å². The van der Waals surface area contributed by atoms with Crippen molar-refractivity contribution in [1.29, 1.82) is 0 Å². The molecule has 0 unspecified atom stereocenters. The van der Waals surface area contributed by atoms with Crippen molar-refractivity contribution < 1.29 is 31.9 Å². The molecule has 0 saturated heterocycles. The first-order valence-electron chi connectivity index (χ1n) is 6.08. The minimum Gasteiger partial charge on any atom is -0.459 e. The molecule has 0 saturated carbocycles. The molecule has 0 fully saturated rings. The highest BCUT2D eigenvalue weighted by Gasteiger charge is 2.42. The number of alkyl halides is 4. The Hall–Kier alpha value is -1.39. The number of amides is 1. The average molecular weight is 433 g/mol. The van der Waals surface area contributed by atoms with E-state index >= 15 is 0 Å². The van der Waals surface area contributed by atoms with Gasteiger partial charge in [-0.15, -0.1) is 0 Å². The van der Waals surface area contributed by atoms with Crippen LogP contribution in [0.15, 0.2) is 24.3 Å². The number of halogens is 5. The predicted octanol–water partition coefficient (Wildman–Crippen LogP) is 3.45. The molecule has 122 valence electrons. The molecule has 4 nitrogen and oxygen atoms in total. The molecule has 9 heteroatoms. The molecule has 0 spiro atoms. The van der Waals surface area contributed by atoms with Crippen LogP contribution in [-0.2, 0) is 14.3 Å². The Labute approximate surface area is 137 Å². The molecule has 1 rings (SSSR count). The lowest BCUT2D eigenvalue weighted by molar-refractivity contribution is -0.179. The van der Waals surface area contributed by atoms with Gasteiger partial charge in [0.1, 0.15) is 0 Å². The second-order valence-electron chi connectivity index (χ2n) is 4.28. The summed E-state index contributed by atoms with van der Waals surface area (Å²) in [7, 11) is 0. The number of esters is 1. The third-order valence-electron chi connectivity index (χ3n) is 2.43. The lowest BCUT2D eigenvalue weighted by Crippen LogP contribution is -2.33. The molecule has 1 amide bonds. The Kier molecular flexibility index (Phi) is 7.04. The summed E-state index contributed by atoms with van der Waals surface area (Å²) in [5.74, 6) is -6.05. The fourth-order valence-corrected chi connectivity index (χ4v) is 1.64. The summed E-state index contributed by atoms with van der Waals surface area (Å²) in [5.41, 5.74) is 0.517. The van der Waals surface area contributed by atoms with Crippen LogP contribution in [0.25, 0.3) is 0 Å².